The predicted octanol–water partition coefficient (Wildman–Crippen LogP) is 2.12. The standard InChI is InChI=1S/C11H10ClN3O2S/c12-8-4-5-10(9(13)7-8)15-18(16,17)11-3-1-2-6-14-11/h1-7,15H,13H2. The van der Waals surface area contributed by atoms with Gasteiger partial charge in [0, 0.05) is 11.2 Å². The number of rotatable bonds is 3. The Morgan fingerprint density at radius 1 is 1.22 bits per heavy atom. The van der Waals surface area contributed by atoms with Gasteiger partial charge in [0.1, 0.15) is 0 Å². The third-order valence-electron chi connectivity index (χ3n) is 2.17. The molecule has 7 heteroatoms. The van der Waals surface area contributed by atoms with Gasteiger partial charge in [-0.25, -0.2) is 4.98 Å². The summed E-state index contributed by atoms with van der Waals surface area (Å²) in [5, 5.41) is 0.368. The van der Waals surface area contributed by atoms with Gasteiger partial charge in [-0.2, -0.15) is 8.42 Å². The number of hydrogen-bond donors (Lipinski definition) is 2. The molecule has 0 aliphatic rings. The predicted molar refractivity (Wildman–Crippen MR) is 70.9 cm³/mol. The fraction of sp³-hybridized carbons (Fsp3) is 0. The molecule has 2 aromatic rings. The average Bonchev–Trinajstić information content (AvgIpc) is 2.34. The Balaban J connectivity index is 2.34. The van der Waals surface area contributed by atoms with E-state index in [1.165, 1.54) is 24.4 Å². The highest BCUT2D eigenvalue weighted by Gasteiger charge is 2.16. The molecule has 5 nitrogen and oxygen atoms in total. The Bertz CT molecular complexity index is 659. The Kier molecular flexibility index (Phi) is 3.40. The van der Waals surface area contributed by atoms with Crippen molar-refractivity contribution in [2.75, 3.05) is 10.5 Å². The van der Waals surface area contributed by atoms with E-state index >= 15 is 0 Å². The summed E-state index contributed by atoms with van der Waals surface area (Å²) in [6, 6.07) is 9.14. The van der Waals surface area contributed by atoms with E-state index in [2.05, 4.69) is 9.71 Å². The largest absolute Gasteiger partial charge is 0.397 e. The van der Waals surface area contributed by atoms with Gasteiger partial charge in [-0.05, 0) is 30.3 Å². The van der Waals surface area contributed by atoms with E-state index in [0.29, 0.717) is 5.02 Å². The summed E-state index contributed by atoms with van der Waals surface area (Å²) in [6.45, 7) is 0. The molecule has 0 fully saturated rings. The molecule has 1 heterocycles. The van der Waals surface area contributed by atoms with E-state index in [4.69, 9.17) is 17.3 Å². The summed E-state index contributed by atoms with van der Waals surface area (Å²) >= 11 is 5.74. The molecule has 0 atom stereocenters. The van der Waals surface area contributed by atoms with Crippen LogP contribution in [0.2, 0.25) is 5.02 Å². The first-order valence-corrected chi connectivity index (χ1v) is 6.84. The Hall–Kier alpha value is -1.79. The van der Waals surface area contributed by atoms with Crippen molar-refractivity contribution in [2.45, 2.75) is 5.03 Å². The van der Waals surface area contributed by atoms with Crippen molar-refractivity contribution in [3.63, 3.8) is 0 Å². The summed E-state index contributed by atoms with van der Waals surface area (Å²) in [5.74, 6) is 0. The van der Waals surface area contributed by atoms with Crippen LogP contribution in [0.1, 0.15) is 0 Å². The van der Waals surface area contributed by atoms with Gasteiger partial charge in [0.2, 0.25) is 0 Å². The normalized spacial score (nSPS) is 11.2. The molecule has 0 amide bonds. The second kappa shape index (κ2) is 4.83. The van der Waals surface area contributed by atoms with Crippen molar-refractivity contribution < 1.29 is 8.42 Å². The lowest BCUT2D eigenvalue weighted by atomic mass is 10.3. The number of sulfonamides is 1. The van der Waals surface area contributed by atoms with Crippen molar-refractivity contribution in [2.24, 2.45) is 0 Å². The Morgan fingerprint density at radius 3 is 2.61 bits per heavy atom. The zero-order valence-corrected chi connectivity index (χ0v) is 10.7. The fourth-order valence-electron chi connectivity index (χ4n) is 1.33. The highest BCUT2D eigenvalue weighted by atomic mass is 35.5. The van der Waals surface area contributed by atoms with E-state index in [1.54, 1.807) is 18.2 Å². The minimum atomic E-state index is -3.73. The summed E-state index contributed by atoms with van der Waals surface area (Å²) in [6.07, 6.45) is 1.40. The molecule has 0 saturated heterocycles. The topological polar surface area (TPSA) is 85.1 Å². The van der Waals surface area contributed by atoms with Crippen molar-refractivity contribution in [1.29, 1.82) is 0 Å². The number of aromatic nitrogens is 1. The van der Waals surface area contributed by atoms with Crippen molar-refractivity contribution in [1.82, 2.24) is 4.98 Å². The molecule has 3 N–H and O–H groups in total. The lowest BCUT2D eigenvalue weighted by Crippen LogP contribution is -2.15. The second-order valence-corrected chi connectivity index (χ2v) is 5.57. The van der Waals surface area contributed by atoms with Crippen LogP contribution in [-0.4, -0.2) is 13.4 Å². The molecule has 0 aliphatic carbocycles. The number of anilines is 2. The van der Waals surface area contributed by atoms with Crippen LogP contribution in [0.5, 0.6) is 0 Å². The van der Waals surface area contributed by atoms with Gasteiger partial charge in [0.15, 0.2) is 5.03 Å². The maximum atomic E-state index is 12.0. The van der Waals surface area contributed by atoms with Gasteiger partial charge in [-0.15, -0.1) is 0 Å². The van der Waals surface area contributed by atoms with Gasteiger partial charge in [0.05, 0.1) is 11.4 Å². The summed E-state index contributed by atoms with van der Waals surface area (Å²) in [4.78, 5) is 3.78. The van der Waals surface area contributed by atoms with Gasteiger partial charge >= 0.3 is 0 Å². The molecule has 0 bridgehead atoms. The van der Waals surface area contributed by atoms with Crippen LogP contribution in [0.25, 0.3) is 0 Å². The number of benzene rings is 1. The second-order valence-electron chi connectivity index (χ2n) is 3.51. The van der Waals surface area contributed by atoms with Gasteiger partial charge in [-0.3, -0.25) is 4.72 Å². The zero-order valence-electron chi connectivity index (χ0n) is 9.17. The SMILES string of the molecule is Nc1cc(Cl)ccc1NS(=O)(=O)c1ccccn1. The van der Waals surface area contributed by atoms with Crippen LogP contribution in [0.4, 0.5) is 11.4 Å². The van der Waals surface area contributed by atoms with Crippen LogP contribution in [0, 0.1) is 0 Å². The molecule has 0 spiro atoms. The summed E-state index contributed by atoms with van der Waals surface area (Å²) < 4.78 is 26.3. The van der Waals surface area contributed by atoms with Gasteiger partial charge in [0.25, 0.3) is 10.0 Å². The highest BCUT2D eigenvalue weighted by Crippen LogP contribution is 2.24. The van der Waals surface area contributed by atoms with Gasteiger partial charge < -0.3 is 5.73 Å². The smallest absolute Gasteiger partial charge is 0.279 e. The van der Waals surface area contributed by atoms with Crippen LogP contribution in [-0.2, 0) is 10.0 Å². The maximum absolute atomic E-state index is 12.0. The molecule has 0 aliphatic heterocycles. The van der Waals surface area contributed by atoms with Gasteiger partial charge in [-0.1, -0.05) is 17.7 Å². The van der Waals surface area contributed by atoms with Crippen LogP contribution < -0.4 is 10.5 Å². The first-order chi connectivity index (χ1) is 8.49. The number of pyridine rings is 1. The molecular weight excluding hydrogens is 274 g/mol. The van der Waals surface area contributed by atoms with E-state index in [-0.39, 0.29) is 16.4 Å². The van der Waals surface area contributed by atoms with Crippen LogP contribution in [0.3, 0.4) is 0 Å². The average molecular weight is 284 g/mol. The molecular formula is C11H10ClN3O2S. The highest BCUT2D eigenvalue weighted by molar-refractivity contribution is 7.92. The third-order valence-corrected chi connectivity index (χ3v) is 3.69. The van der Waals surface area contributed by atoms with Crippen molar-refractivity contribution >= 4 is 33.0 Å². The monoisotopic (exact) mass is 283 g/mol. The van der Waals surface area contributed by atoms with E-state index in [9.17, 15) is 8.42 Å². The minimum absolute atomic E-state index is 0.0700. The molecule has 1 aromatic carbocycles. The first kappa shape index (κ1) is 12.7. The van der Waals surface area contributed by atoms with Crippen molar-refractivity contribution in [3.05, 3.63) is 47.6 Å². The van der Waals surface area contributed by atoms with Crippen LogP contribution in [0.15, 0.2) is 47.6 Å². The quantitative estimate of drug-likeness (QED) is 0.845. The number of nitrogens with one attached hydrogen (secondary N) is 1. The molecule has 0 unspecified atom stereocenters. The lowest BCUT2D eigenvalue weighted by molar-refractivity contribution is 0.597. The maximum Gasteiger partial charge on any atom is 0.279 e. The number of nitrogens with two attached hydrogens (primary N) is 1. The molecule has 18 heavy (non-hydrogen) atoms. The number of nitrogen functional groups attached to an aromatic ring is 1. The fourth-order valence-corrected chi connectivity index (χ4v) is 2.55. The zero-order chi connectivity index (χ0) is 13.2. The van der Waals surface area contributed by atoms with E-state index < -0.39 is 10.0 Å². The third kappa shape index (κ3) is 2.72. The number of nitrogens with zero attached hydrogens (tertiary/aromatic N) is 1. The van der Waals surface area contributed by atoms with Crippen LogP contribution >= 0.6 is 11.6 Å². The number of halogens is 1. The number of hydrogen-bond acceptors (Lipinski definition) is 4. The lowest BCUT2D eigenvalue weighted by Gasteiger charge is -2.09. The van der Waals surface area contributed by atoms with Crippen molar-refractivity contribution in [3.8, 4) is 0 Å². The van der Waals surface area contributed by atoms with E-state index in [1.807, 2.05) is 0 Å². The van der Waals surface area contributed by atoms with E-state index in [0.717, 1.165) is 0 Å². The molecule has 2 rings (SSSR count). The first-order valence-electron chi connectivity index (χ1n) is 4.98. The Morgan fingerprint density at radius 2 is 2.00 bits per heavy atom. The molecule has 1 aromatic heterocycles. The summed E-state index contributed by atoms with van der Waals surface area (Å²) in [5.41, 5.74) is 6.20. The molecule has 0 radical (unpaired) electrons. The molecule has 94 valence electrons. The molecule has 0 saturated carbocycles. The minimum Gasteiger partial charge on any atom is -0.397 e. The Labute approximate surface area is 110 Å². The summed E-state index contributed by atoms with van der Waals surface area (Å²) in [7, 11) is -3.73.